The van der Waals surface area contributed by atoms with Crippen molar-refractivity contribution in [3.8, 4) is 0 Å². The molecule has 0 aliphatic rings. The standard InChI is InChI=1S/C22H20ClF3N4O2/c1-13(31)10-16(27)12-29-21(32)15-8-6-14(7-9-15)19(11-20(28)22(24,25)26)30-18-5-3-2-4-17(18)23/h2-11,27-28,30-31H,12H2,1H3,(H,29,32)/b13-10-,19-11-,27-16?,28-20?. The number of aliphatic hydroxyl groups is 1. The number of benzene rings is 2. The smallest absolute Gasteiger partial charge is 0.432 e. The molecule has 2 rings (SSSR count). The molecule has 2 aromatic carbocycles. The predicted molar refractivity (Wildman–Crippen MR) is 120 cm³/mol. The van der Waals surface area contributed by atoms with Crippen LogP contribution in [0.2, 0.25) is 5.02 Å². The first-order chi connectivity index (χ1) is 15.0. The lowest BCUT2D eigenvalue weighted by Gasteiger charge is -2.15. The molecule has 0 atom stereocenters. The van der Waals surface area contributed by atoms with E-state index in [1.165, 1.54) is 37.3 Å². The molecule has 0 saturated carbocycles. The summed E-state index contributed by atoms with van der Waals surface area (Å²) in [4.78, 5) is 12.2. The van der Waals surface area contributed by atoms with Gasteiger partial charge in [0.1, 0.15) is 5.71 Å². The number of nitrogens with one attached hydrogen (secondary N) is 4. The largest absolute Gasteiger partial charge is 0.513 e. The molecule has 0 fully saturated rings. The van der Waals surface area contributed by atoms with Gasteiger partial charge in [0.25, 0.3) is 5.91 Å². The van der Waals surface area contributed by atoms with Crippen LogP contribution in [0.4, 0.5) is 18.9 Å². The van der Waals surface area contributed by atoms with Crippen molar-refractivity contribution in [2.45, 2.75) is 13.1 Å². The van der Waals surface area contributed by atoms with Crippen molar-refractivity contribution in [3.63, 3.8) is 0 Å². The second-order valence-electron chi connectivity index (χ2n) is 6.65. The van der Waals surface area contributed by atoms with Crippen LogP contribution in [0.15, 0.2) is 66.4 Å². The molecule has 6 nitrogen and oxygen atoms in total. The summed E-state index contributed by atoms with van der Waals surface area (Å²) in [7, 11) is 0. The van der Waals surface area contributed by atoms with E-state index in [1.54, 1.807) is 24.3 Å². The number of anilines is 1. The molecule has 0 spiro atoms. The summed E-state index contributed by atoms with van der Waals surface area (Å²) >= 11 is 6.09. The number of halogens is 4. The quantitative estimate of drug-likeness (QED) is 0.259. The number of aliphatic hydroxyl groups excluding tert-OH is 1. The Kier molecular flexibility index (Phi) is 8.20. The number of carbonyl (C=O) groups is 1. The Bertz CT molecular complexity index is 1070. The summed E-state index contributed by atoms with van der Waals surface area (Å²) in [5, 5.41) is 29.6. The zero-order valence-corrected chi connectivity index (χ0v) is 17.6. The number of allylic oxidation sites excluding steroid dienone is 2. The minimum atomic E-state index is -4.83. The third kappa shape index (κ3) is 7.28. The van der Waals surface area contributed by atoms with E-state index >= 15 is 0 Å². The van der Waals surface area contributed by atoms with E-state index in [1.807, 2.05) is 0 Å². The fraction of sp³-hybridized carbons (Fsp3) is 0.136. The maximum atomic E-state index is 12.9. The molecule has 0 radical (unpaired) electrons. The van der Waals surface area contributed by atoms with Gasteiger partial charge in [-0.1, -0.05) is 35.9 Å². The van der Waals surface area contributed by atoms with Gasteiger partial charge in [-0.05, 0) is 48.9 Å². The van der Waals surface area contributed by atoms with E-state index in [4.69, 9.17) is 27.5 Å². The Morgan fingerprint density at radius 1 is 1.06 bits per heavy atom. The van der Waals surface area contributed by atoms with Crippen LogP contribution in [0.1, 0.15) is 22.8 Å². The first-order valence-electron chi connectivity index (χ1n) is 9.19. The van der Waals surface area contributed by atoms with Crippen molar-refractivity contribution in [2.75, 3.05) is 11.9 Å². The van der Waals surface area contributed by atoms with Crippen LogP contribution in [-0.4, -0.2) is 35.2 Å². The van der Waals surface area contributed by atoms with E-state index in [2.05, 4.69) is 10.6 Å². The summed E-state index contributed by atoms with van der Waals surface area (Å²) in [6, 6.07) is 12.1. The van der Waals surface area contributed by atoms with E-state index in [9.17, 15) is 18.0 Å². The number of carbonyl (C=O) groups excluding carboxylic acids is 1. The minimum absolute atomic E-state index is 0.00482. The van der Waals surface area contributed by atoms with E-state index < -0.39 is 17.8 Å². The number of hydrogen-bond acceptors (Lipinski definition) is 5. The molecule has 0 aliphatic carbocycles. The highest BCUT2D eigenvalue weighted by molar-refractivity contribution is 6.33. The topological polar surface area (TPSA) is 109 Å². The summed E-state index contributed by atoms with van der Waals surface area (Å²) in [6.45, 7) is 1.29. The fourth-order valence-corrected chi connectivity index (χ4v) is 2.69. The highest BCUT2D eigenvalue weighted by Gasteiger charge is 2.33. The van der Waals surface area contributed by atoms with Gasteiger partial charge >= 0.3 is 6.18 Å². The van der Waals surface area contributed by atoms with Crippen LogP contribution in [-0.2, 0) is 0 Å². The van der Waals surface area contributed by atoms with Gasteiger partial charge in [0.15, 0.2) is 0 Å². The normalized spacial score (nSPS) is 12.3. The Morgan fingerprint density at radius 2 is 1.66 bits per heavy atom. The van der Waals surface area contributed by atoms with Gasteiger partial charge < -0.3 is 21.1 Å². The van der Waals surface area contributed by atoms with Crippen LogP contribution < -0.4 is 10.6 Å². The van der Waals surface area contributed by atoms with Gasteiger partial charge in [-0.3, -0.25) is 10.2 Å². The molecular weight excluding hydrogens is 445 g/mol. The second-order valence-corrected chi connectivity index (χ2v) is 7.05. The zero-order valence-electron chi connectivity index (χ0n) is 16.8. The first kappa shape index (κ1) is 24.7. The highest BCUT2D eigenvalue weighted by atomic mass is 35.5. The zero-order chi connectivity index (χ0) is 23.9. The van der Waals surface area contributed by atoms with Crippen LogP contribution in [0.3, 0.4) is 0 Å². The number of rotatable bonds is 8. The van der Waals surface area contributed by atoms with Crippen molar-refractivity contribution in [1.29, 1.82) is 10.8 Å². The lowest BCUT2D eigenvalue weighted by molar-refractivity contribution is -0.0583. The molecule has 0 saturated heterocycles. The van der Waals surface area contributed by atoms with Crippen molar-refractivity contribution in [2.24, 2.45) is 0 Å². The van der Waals surface area contributed by atoms with Gasteiger partial charge in [0, 0.05) is 11.3 Å². The molecule has 168 valence electrons. The van der Waals surface area contributed by atoms with Crippen LogP contribution >= 0.6 is 11.6 Å². The second kappa shape index (κ2) is 10.6. The minimum Gasteiger partial charge on any atom is -0.513 e. The molecule has 0 aliphatic heterocycles. The summed E-state index contributed by atoms with van der Waals surface area (Å²) in [5.74, 6) is -0.568. The number of para-hydroxylation sites is 1. The summed E-state index contributed by atoms with van der Waals surface area (Å²) < 4.78 is 38.8. The van der Waals surface area contributed by atoms with Gasteiger partial charge in [0.2, 0.25) is 0 Å². The van der Waals surface area contributed by atoms with Crippen molar-refractivity contribution in [3.05, 3.63) is 82.6 Å². The SMILES string of the molecule is C/C(O)=C/C(=N)CNC(=O)c1ccc(/C(=C/C(=N)C(F)(F)F)Nc2ccccc2Cl)cc1. The highest BCUT2D eigenvalue weighted by Crippen LogP contribution is 2.27. The van der Waals surface area contributed by atoms with Crippen LogP contribution in [0.25, 0.3) is 5.70 Å². The molecular formula is C22H20ClF3N4O2. The molecule has 0 bridgehead atoms. The fourth-order valence-electron chi connectivity index (χ4n) is 2.51. The van der Waals surface area contributed by atoms with Crippen molar-refractivity contribution < 1.29 is 23.1 Å². The lowest BCUT2D eigenvalue weighted by atomic mass is 10.1. The van der Waals surface area contributed by atoms with Crippen molar-refractivity contribution in [1.82, 2.24) is 5.32 Å². The molecule has 2 aromatic rings. The van der Waals surface area contributed by atoms with Gasteiger partial charge in [-0.2, -0.15) is 13.2 Å². The number of alkyl halides is 3. The monoisotopic (exact) mass is 464 g/mol. The molecule has 0 heterocycles. The van der Waals surface area contributed by atoms with Crippen LogP contribution in [0.5, 0.6) is 0 Å². The first-order valence-corrected chi connectivity index (χ1v) is 9.57. The Morgan fingerprint density at radius 3 is 2.22 bits per heavy atom. The predicted octanol–water partition coefficient (Wildman–Crippen LogP) is 5.59. The molecule has 0 unspecified atom stereocenters. The third-order valence-corrected chi connectivity index (χ3v) is 4.35. The van der Waals surface area contributed by atoms with E-state index in [0.717, 1.165) is 0 Å². The number of hydrogen-bond donors (Lipinski definition) is 5. The molecule has 1 amide bonds. The van der Waals surface area contributed by atoms with E-state index in [-0.39, 0.29) is 34.3 Å². The Balaban J connectivity index is 2.26. The van der Waals surface area contributed by atoms with E-state index in [0.29, 0.717) is 17.3 Å². The maximum absolute atomic E-state index is 12.9. The Hall–Kier alpha value is -3.59. The molecule has 10 heteroatoms. The average molecular weight is 465 g/mol. The molecule has 5 N–H and O–H groups in total. The lowest BCUT2D eigenvalue weighted by Crippen LogP contribution is -2.28. The van der Waals surface area contributed by atoms with Crippen LogP contribution in [0, 0.1) is 10.8 Å². The third-order valence-electron chi connectivity index (χ3n) is 4.02. The van der Waals surface area contributed by atoms with Gasteiger partial charge in [0.05, 0.1) is 28.7 Å². The number of amides is 1. The molecule has 0 aromatic heterocycles. The maximum Gasteiger partial charge on any atom is 0.432 e. The average Bonchev–Trinajstić information content (AvgIpc) is 2.72. The molecule has 32 heavy (non-hydrogen) atoms. The summed E-state index contributed by atoms with van der Waals surface area (Å²) in [6.07, 6.45) is -3.00. The van der Waals surface area contributed by atoms with Crippen molar-refractivity contribution >= 4 is 40.3 Å². The summed E-state index contributed by atoms with van der Waals surface area (Å²) in [5.41, 5.74) is -0.730. The van der Waals surface area contributed by atoms with Gasteiger partial charge in [-0.25, -0.2) is 0 Å². The Labute approximate surface area is 187 Å². The van der Waals surface area contributed by atoms with Gasteiger partial charge in [-0.15, -0.1) is 0 Å².